The summed E-state index contributed by atoms with van der Waals surface area (Å²) in [4.78, 5) is 33.0. The second kappa shape index (κ2) is 6.22. The van der Waals surface area contributed by atoms with Crippen LogP contribution in [0.1, 0.15) is 27.1 Å². The predicted molar refractivity (Wildman–Crippen MR) is 113 cm³/mol. The molecule has 6 heteroatoms. The largest absolute Gasteiger partial charge is 0.309 e. The van der Waals surface area contributed by atoms with Gasteiger partial charge in [0, 0.05) is 16.1 Å². The van der Waals surface area contributed by atoms with Crippen LogP contribution in [0.2, 0.25) is 0 Å². The van der Waals surface area contributed by atoms with Gasteiger partial charge in [-0.1, -0.05) is 40.2 Å². The molecule has 2 aromatic heterocycles. The monoisotopic (exact) mass is 435 g/mol. The fraction of sp³-hybridized carbons (Fsp3) is 0.227. The molecule has 28 heavy (non-hydrogen) atoms. The van der Waals surface area contributed by atoms with Crippen molar-refractivity contribution in [3.8, 4) is 0 Å². The zero-order valence-electron chi connectivity index (χ0n) is 15.6. The molecule has 0 saturated carbocycles. The normalized spacial score (nSPS) is 16.8. The van der Waals surface area contributed by atoms with Gasteiger partial charge >= 0.3 is 0 Å². The van der Waals surface area contributed by atoms with Crippen LogP contribution in [-0.4, -0.2) is 46.5 Å². The quantitative estimate of drug-likeness (QED) is 0.448. The Bertz CT molecular complexity index is 1310. The molecular weight excluding hydrogens is 418 g/mol. The van der Waals surface area contributed by atoms with Gasteiger partial charge < -0.3 is 4.90 Å². The van der Waals surface area contributed by atoms with Gasteiger partial charge in [0.15, 0.2) is 11.6 Å². The smallest absolute Gasteiger partial charge is 0.177 e. The van der Waals surface area contributed by atoms with E-state index in [1.165, 1.54) is 0 Å². The molecule has 1 unspecified atom stereocenters. The average molecular weight is 436 g/mol. The van der Waals surface area contributed by atoms with Gasteiger partial charge in [-0.3, -0.25) is 14.0 Å². The third-order valence-electron chi connectivity index (χ3n) is 5.61. The van der Waals surface area contributed by atoms with E-state index in [-0.39, 0.29) is 11.6 Å². The van der Waals surface area contributed by atoms with Crippen LogP contribution in [0, 0.1) is 5.92 Å². The molecule has 1 aliphatic rings. The van der Waals surface area contributed by atoms with Crippen LogP contribution in [0.15, 0.2) is 47.3 Å². The fourth-order valence-corrected chi connectivity index (χ4v) is 4.86. The molecule has 2 aromatic carbocycles. The number of carbonyl (C=O) groups is 2. The first-order chi connectivity index (χ1) is 13.5. The van der Waals surface area contributed by atoms with E-state index in [4.69, 9.17) is 0 Å². The summed E-state index contributed by atoms with van der Waals surface area (Å²) in [6, 6.07) is 10.0. The summed E-state index contributed by atoms with van der Waals surface area (Å²) >= 11 is 3.66. The number of fused-ring (bicyclic) bond motifs is 5. The van der Waals surface area contributed by atoms with Crippen molar-refractivity contribution in [3.63, 3.8) is 0 Å². The molecule has 0 aliphatic heterocycles. The minimum Gasteiger partial charge on any atom is -0.309 e. The second-order valence-electron chi connectivity index (χ2n) is 7.57. The maximum absolute atomic E-state index is 13.5. The van der Waals surface area contributed by atoms with Crippen molar-refractivity contribution in [1.82, 2.24) is 14.3 Å². The van der Waals surface area contributed by atoms with Crippen molar-refractivity contribution in [2.45, 2.75) is 6.42 Å². The lowest BCUT2D eigenvalue weighted by molar-refractivity contribution is 0.0788. The number of aromatic nitrogens is 2. The number of ketones is 2. The molecule has 0 N–H and O–H groups in total. The van der Waals surface area contributed by atoms with E-state index in [1.807, 2.05) is 53.7 Å². The van der Waals surface area contributed by atoms with Crippen LogP contribution in [0.5, 0.6) is 0 Å². The van der Waals surface area contributed by atoms with Crippen molar-refractivity contribution in [2.75, 3.05) is 20.6 Å². The summed E-state index contributed by atoms with van der Waals surface area (Å²) in [5.41, 5.74) is 2.76. The summed E-state index contributed by atoms with van der Waals surface area (Å²) in [6.07, 6.45) is 3.80. The number of hydrogen-bond donors (Lipinski definition) is 0. The second-order valence-corrected chi connectivity index (χ2v) is 8.43. The van der Waals surface area contributed by atoms with Crippen LogP contribution in [-0.2, 0) is 0 Å². The highest BCUT2D eigenvalue weighted by molar-refractivity contribution is 9.10. The van der Waals surface area contributed by atoms with Gasteiger partial charge in [-0.2, -0.15) is 0 Å². The van der Waals surface area contributed by atoms with Gasteiger partial charge in [0.2, 0.25) is 0 Å². The standard InChI is InChI=1S/C22H18BrN3O2/c1-25(2)8-7-14-21(27)15-10-24-11-26-17-9-16(23)12-5-3-4-6-13(12)18(17)19(20(15)26)22(14)28/h3-6,9-11,14H,7-8H2,1-2H3. The molecular formula is C22H18BrN3O2. The van der Waals surface area contributed by atoms with E-state index < -0.39 is 5.92 Å². The number of nitrogens with zero attached hydrogens (tertiary/aromatic N) is 3. The Hall–Kier alpha value is -2.57. The maximum atomic E-state index is 13.5. The maximum Gasteiger partial charge on any atom is 0.177 e. The Morgan fingerprint density at radius 2 is 1.89 bits per heavy atom. The molecule has 1 atom stereocenters. The molecule has 5 rings (SSSR count). The molecule has 0 amide bonds. The first-order valence-electron chi connectivity index (χ1n) is 9.21. The van der Waals surface area contributed by atoms with E-state index in [2.05, 4.69) is 20.9 Å². The average Bonchev–Trinajstić information content (AvgIpc) is 3.02. The van der Waals surface area contributed by atoms with E-state index in [9.17, 15) is 9.59 Å². The third kappa shape index (κ3) is 2.31. The van der Waals surface area contributed by atoms with E-state index in [1.54, 1.807) is 12.5 Å². The van der Waals surface area contributed by atoms with E-state index in [0.29, 0.717) is 29.6 Å². The summed E-state index contributed by atoms with van der Waals surface area (Å²) in [7, 11) is 3.90. The number of Topliss-reactive ketones (excluding diaryl/α,β-unsaturated/α-hetero) is 2. The topological polar surface area (TPSA) is 54.7 Å². The predicted octanol–water partition coefficient (Wildman–Crippen LogP) is 4.35. The molecule has 0 radical (unpaired) electrons. The fourth-order valence-electron chi connectivity index (χ4n) is 4.30. The number of rotatable bonds is 3. The molecule has 4 aromatic rings. The van der Waals surface area contributed by atoms with E-state index >= 15 is 0 Å². The lowest BCUT2D eigenvalue weighted by Gasteiger charge is -2.22. The molecule has 1 aliphatic carbocycles. The first-order valence-corrected chi connectivity index (χ1v) is 10.0. The third-order valence-corrected chi connectivity index (χ3v) is 6.27. The minimum atomic E-state index is -0.657. The van der Waals surface area contributed by atoms with Crippen LogP contribution in [0.3, 0.4) is 0 Å². The Balaban J connectivity index is 1.91. The molecule has 2 heterocycles. The Labute approximate surface area is 170 Å². The van der Waals surface area contributed by atoms with Crippen LogP contribution in [0.4, 0.5) is 0 Å². The summed E-state index contributed by atoms with van der Waals surface area (Å²) in [6.45, 7) is 0.680. The van der Waals surface area contributed by atoms with Crippen molar-refractivity contribution in [2.24, 2.45) is 5.92 Å². The highest BCUT2D eigenvalue weighted by Crippen LogP contribution is 2.41. The highest BCUT2D eigenvalue weighted by Gasteiger charge is 2.39. The molecule has 0 bridgehead atoms. The van der Waals surface area contributed by atoms with Gasteiger partial charge in [0.05, 0.1) is 34.4 Å². The zero-order chi connectivity index (χ0) is 19.6. The van der Waals surface area contributed by atoms with Gasteiger partial charge in [0.1, 0.15) is 0 Å². The SMILES string of the molecule is CN(C)CCC1C(=O)c2cncn3c2c(c2c4ccccc4c(Br)cc23)C1=O. The first kappa shape index (κ1) is 17.5. The van der Waals surface area contributed by atoms with Crippen molar-refractivity contribution >= 4 is 54.7 Å². The van der Waals surface area contributed by atoms with Gasteiger partial charge in [0.25, 0.3) is 0 Å². The van der Waals surface area contributed by atoms with Crippen molar-refractivity contribution < 1.29 is 9.59 Å². The highest BCUT2D eigenvalue weighted by atomic mass is 79.9. The van der Waals surface area contributed by atoms with Gasteiger partial charge in [-0.25, -0.2) is 4.98 Å². The number of hydrogen-bond acceptors (Lipinski definition) is 4. The van der Waals surface area contributed by atoms with Crippen molar-refractivity contribution in [1.29, 1.82) is 0 Å². The molecule has 140 valence electrons. The van der Waals surface area contributed by atoms with Crippen LogP contribution < -0.4 is 0 Å². The minimum absolute atomic E-state index is 0.0782. The van der Waals surface area contributed by atoms with Crippen molar-refractivity contribution in [3.05, 3.63) is 58.5 Å². The number of carbonyl (C=O) groups excluding carboxylic acids is 2. The molecule has 0 spiro atoms. The van der Waals surface area contributed by atoms with Gasteiger partial charge in [-0.05, 0) is 43.9 Å². The number of halogens is 1. The summed E-state index contributed by atoms with van der Waals surface area (Å²) in [5, 5.41) is 2.96. The summed E-state index contributed by atoms with van der Waals surface area (Å²) in [5.74, 6) is -0.856. The Morgan fingerprint density at radius 1 is 1.14 bits per heavy atom. The van der Waals surface area contributed by atoms with Crippen LogP contribution >= 0.6 is 15.9 Å². The number of benzene rings is 2. The van der Waals surface area contributed by atoms with Gasteiger partial charge in [-0.15, -0.1) is 0 Å². The lowest BCUT2D eigenvalue weighted by atomic mass is 9.81. The summed E-state index contributed by atoms with van der Waals surface area (Å²) < 4.78 is 2.84. The molecule has 5 nitrogen and oxygen atoms in total. The van der Waals surface area contributed by atoms with Crippen LogP contribution in [0.25, 0.3) is 27.2 Å². The molecule has 0 fully saturated rings. The lowest BCUT2D eigenvalue weighted by Crippen LogP contribution is -2.32. The Kier molecular flexibility index (Phi) is 3.89. The zero-order valence-corrected chi connectivity index (χ0v) is 17.2. The Morgan fingerprint density at radius 3 is 2.64 bits per heavy atom. The molecule has 0 saturated heterocycles. The van der Waals surface area contributed by atoms with E-state index in [0.717, 1.165) is 26.1 Å².